The highest BCUT2D eigenvalue weighted by Crippen LogP contribution is 2.36. The quantitative estimate of drug-likeness (QED) is 0.507. The summed E-state index contributed by atoms with van der Waals surface area (Å²) < 4.78 is 83.6. The van der Waals surface area contributed by atoms with E-state index in [1.807, 2.05) is 0 Å². The number of anilines is 1. The van der Waals surface area contributed by atoms with Crippen molar-refractivity contribution in [3.63, 3.8) is 0 Å². The lowest BCUT2D eigenvalue weighted by Gasteiger charge is -2.18. The van der Waals surface area contributed by atoms with E-state index in [-0.39, 0.29) is 12.2 Å². The molecule has 0 unspecified atom stereocenters. The van der Waals surface area contributed by atoms with Crippen LogP contribution in [0.4, 0.5) is 5.69 Å². The van der Waals surface area contributed by atoms with Gasteiger partial charge in [-0.15, -0.1) is 11.3 Å². The fraction of sp³-hybridized carbons (Fsp3) is 0.375. The first-order chi connectivity index (χ1) is 13.4. The highest BCUT2D eigenvalue weighted by Gasteiger charge is 2.36. The standard InChI is InChI=1S/C16H20N2O7S4/c17-28(21,22)16-9-14(29(23,24)25)13(18-10-11-4-3-7-26-11)8-15(16)27(19,20)12-5-1-2-6-12/h3-4,7-9,12,18H,1-2,5-6,10H2,(H2,17,21,22)(H,23,24,25). The van der Waals surface area contributed by atoms with Gasteiger partial charge in [0.2, 0.25) is 10.0 Å². The van der Waals surface area contributed by atoms with Crippen LogP contribution in [0.3, 0.4) is 0 Å². The van der Waals surface area contributed by atoms with Crippen LogP contribution in [0, 0.1) is 0 Å². The van der Waals surface area contributed by atoms with E-state index in [1.54, 1.807) is 17.5 Å². The molecule has 2 aromatic rings. The molecule has 1 saturated carbocycles. The Morgan fingerprint density at radius 1 is 1.03 bits per heavy atom. The van der Waals surface area contributed by atoms with Crippen molar-refractivity contribution in [2.75, 3.05) is 5.32 Å². The number of rotatable bonds is 7. The fourth-order valence-corrected chi connectivity index (χ4v) is 7.96. The van der Waals surface area contributed by atoms with Crippen LogP contribution in [0.25, 0.3) is 0 Å². The predicted octanol–water partition coefficient (Wildman–Crippen LogP) is 1.97. The van der Waals surface area contributed by atoms with Gasteiger partial charge in [-0.3, -0.25) is 4.55 Å². The summed E-state index contributed by atoms with van der Waals surface area (Å²) in [6.45, 7) is 0.151. The SMILES string of the molecule is NS(=O)(=O)c1cc(S(=O)(=O)O)c(NCc2cccs2)cc1S(=O)(=O)C1CCCC1. The summed E-state index contributed by atoms with van der Waals surface area (Å²) in [6, 6.07) is 5.10. The Morgan fingerprint density at radius 2 is 1.69 bits per heavy atom. The van der Waals surface area contributed by atoms with Gasteiger partial charge in [-0.25, -0.2) is 22.0 Å². The number of primary sulfonamides is 1. The topological polar surface area (TPSA) is 161 Å². The summed E-state index contributed by atoms with van der Waals surface area (Å²) in [6.07, 6.45) is 2.15. The van der Waals surface area contributed by atoms with E-state index in [0.29, 0.717) is 31.7 Å². The average Bonchev–Trinajstić information content (AvgIpc) is 3.31. The predicted molar refractivity (Wildman–Crippen MR) is 109 cm³/mol. The van der Waals surface area contributed by atoms with Gasteiger partial charge in [0.1, 0.15) is 9.79 Å². The minimum atomic E-state index is -4.86. The Morgan fingerprint density at radius 3 is 2.21 bits per heavy atom. The smallest absolute Gasteiger partial charge is 0.296 e. The van der Waals surface area contributed by atoms with E-state index >= 15 is 0 Å². The van der Waals surface area contributed by atoms with Crippen molar-refractivity contribution in [1.82, 2.24) is 0 Å². The molecule has 9 nitrogen and oxygen atoms in total. The third kappa shape index (κ3) is 4.81. The first-order valence-corrected chi connectivity index (χ1v) is 14.0. The molecule has 1 fully saturated rings. The van der Waals surface area contributed by atoms with E-state index in [0.717, 1.165) is 10.9 Å². The molecule has 1 aliphatic rings. The van der Waals surface area contributed by atoms with Crippen molar-refractivity contribution in [3.8, 4) is 0 Å². The average molecular weight is 481 g/mol. The van der Waals surface area contributed by atoms with Crippen LogP contribution < -0.4 is 10.5 Å². The Hall–Kier alpha value is -1.51. The maximum Gasteiger partial charge on any atom is 0.296 e. The molecule has 13 heteroatoms. The molecular formula is C16H20N2O7S4. The molecule has 0 atom stereocenters. The second-order valence-corrected chi connectivity index (χ2v) is 12.8. The van der Waals surface area contributed by atoms with E-state index in [9.17, 15) is 29.8 Å². The van der Waals surface area contributed by atoms with E-state index in [2.05, 4.69) is 5.32 Å². The molecule has 1 aromatic heterocycles. The number of benzene rings is 1. The Bertz CT molecular complexity index is 1210. The summed E-state index contributed by atoms with van der Waals surface area (Å²) >= 11 is 1.38. The van der Waals surface area contributed by atoms with Crippen molar-refractivity contribution in [2.45, 2.75) is 52.2 Å². The van der Waals surface area contributed by atoms with Crippen LogP contribution in [0.5, 0.6) is 0 Å². The lowest BCUT2D eigenvalue weighted by Crippen LogP contribution is -2.24. The molecule has 4 N–H and O–H groups in total. The molecule has 1 aliphatic carbocycles. The zero-order valence-corrected chi connectivity index (χ0v) is 18.4. The molecule has 0 radical (unpaired) electrons. The van der Waals surface area contributed by atoms with Crippen LogP contribution >= 0.6 is 11.3 Å². The van der Waals surface area contributed by atoms with E-state index in [1.165, 1.54) is 11.3 Å². The molecule has 0 saturated heterocycles. The number of hydrogen-bond acceptors (Lipinski definition) is 8. The summed E-state index contributed by atoms with van der Waals surface area (Å²) in [7, 11) is -13.5. The van der Waals surface area contributed by atoms with Gasteiger partial charge in [-0.2, -0.15) is 8.42 Å². The zero-order chi connectivity index (χ0) is 21.4. The van der Waals surface area contributed by atoms with Crippen molar-refractivity contribution < 1.29 is 29.8 Å². The van der Waals surface area contributed by atoms with Crippen LogP contribution in [-0.4, -0.2) is 35.1 Å². The monoisotopic (exact) mass is 480 g/mol. The summed E-state index contributed by atoms with van der Waals surface area (Å²) in [4.78, 5) is -1.35. The van der Waals surface area contributed by atoms with Gasteiger partial charge in [0, 0.05) is 11.4 Å². The van der Waals surface area contributed by atoms with Gasteiger partial charge in [-0.1, -0.05) is 18.9 Å². The van der Waals surface area contributed by atoms with Gasteiger partial charge in [0.15, 0.2) is 9.84 Å². The second-order valence-electron chi connectivity index (χ2n) is 6.70. The Balaban J connectivity index is 2.21. The maximum absolute atomic E-state index is 13.1. The minimum Gasteiger partial charge on any atom is -0.379 e. The summed E-state index contributed by atoms with van der Waals surface area (Å²) in [5.74, 6) is 0. The highest BCUT2D eigenvalue weighted by molar-refractivity contribution is 7.94. The number of thiophene rings is 1. The van der Waals surface area contributed by atoms with Crippen LogP contribution in [0.2, 0.25) is 0 Å². The van der Waals surface area contributed by atoms with Crippen LogP contribution in [0.15, 0.2) is 44.3 Å². The van der Waals surface area contributed by atoms with E-state index < -0.39 is 49.9 Å². The van der Waals surface area contributed by atoms with Crippen molar-refractivity contribution in [3.05, 3.63) is 34.5 Å². The van der Waals surface area contributed by atoms with Crippen molar-refractivity contribution in [2.24, 2.45) is 5.14 Å². The lowest BCUT2D eigenvalue weighted by molar-refractivity contribution is 0.483. The van der Waals surface area contributed by atoms with Crippen LogP contribution in [0.1, 0.15) is 30.6 Å². The number of nitrogens with two attached hydrogens (primary N) is 1. The molecule has 29 heavy (non-hydrogen) atoms. The normalized spacial score (nSPS) is 16.2. The molecule has 0 amide bonds. The van der Waals surface area contributed by atoms with Crippen molar-refractivity contribution >= 4 is 47.0 Å². The molecule has 1 aromatic carbocycles. The molecule has 0 bridgehead atoms. The zero-order valence-electron chi connectivity index (χ0n) is 15.1. The summed E-state index contributed by atoms with van der Waals surface area (Å²) in [5.41, 5.74) is -0.218. The van der Waals surface area contributed by atoms with Gasteiger partial charge >= 0.3 is 0 Å². The molecule has 0 aliphatic heterocycles. The molecule has 1 heterocycles. The first-order valence-electron chi connectivity index (χ1n) is 8.59. The minimum absolute atomic E-state index is 0.151. The number of hydrogen-bond donors (Lipinski definition) is 3. The van der Waals surface area contributed by atoms with Gasteiger partial charge in [-0.05, 0) is 36.4 Å². The molecular weight excluding hydrogens is 460 g/mol. The number of sulfonamides is 1. The largest absolute Gasteiger partial charge is 0.379 e. The first kappa shape index (κ1) is 22.2. The van der Waals surface area contributed by atoms with Crippen LogP contribution in [-0.2, 0) is 36.5 Å². The van der Waals surface area contributed by atoms with Gasteiger partial charge in [0.05, 0.1) is 15.8 Å². The maximum atomic E-state index is 13.1. The Kier molecular flexibility index (Phi) is 6.09. The summed E-state index contributed by atoms with van der Waals surface area (Å²) in [5, 5.41) is 8.99. The third-order valence-electron chi connectivity index (χ3n) is 4.71. The van der Waals surface area contributed by atoms with Gasteiger partial charge < -0.3 is 5.32 Å². The molecule has 0 spiro atoms. The molecule has 160 valence electrons. The van der Waals surface area contributed by atoms with E-state index in [4.69, 9.17) is 5.14 Å². The number of nitrogens with one attached hydrogen (secondary N) is 1. The second kappa shape index (κ2) is 7.96. The van der Waals surface area contributed by atoms with Gasteiger partial charge in [0.25, 0.3) is 10.1 Å². The highest BCUT2D eigenvalue weighted by atomic mass is 32.2. The molecule has 3 rings (SSSR count). The Labute approximate surface area is 173 Å². The lowest BCUT2D eigenvalue weighted by atomic mass is 10.3. The number of sulfone groups is 1. The third-order valence-corrected chi connectivity index (χ3v) is 9.86. The van der Waals surface area contributed by atoms with Crippen molar-refractivity contribution in [1.29, 1.82) is 0 Å². The fourth-order valence-electron chi connectivity index (χ4n) is 3.31.